The van der Waals surface area contributed by atoms with Crippen LogP contribution in [0, 0.1) is 0 Å². The molecule has 1 fully saturated rings. The van der Waals surface area contributed by atoms with Crippen molar-refractivity contribution >= 4 is 39.2 Å². The van der Waals surface area contributed by atoms with Crippen molar-refractivity contribution in [1.29, 1.82) is 0 Å². The first-order chi connectivity index (χ1) is 14.2. The highest BCUT2D eigenvalue weighted by Gasteiger charge is 2.31. The van der Waals surface area contributed by atoms with Crippen LogP contribution in [0.3, 0.4) is 0 Å². The molecule has 2 aliphatic rings. The minimum atomic E-state index is -0.234. The van der Waals surface area contributed by atoms with Crippen LogP contribution >= 0.6 is 11.3 Å². The molecular formula is C21H20N4O3S. The van der Waals surface area contributed by atoms with Gasteiger partial charge in [-0.2, -0.15) is 0 Å². The number of benzene rings is 2. The molecule has 0 bridgehead atoms. The molecule has 0 aliphatic carbocycles. The van der Waals surface area contributed by atoms with E-state index in [-0.39, 0.29) is 18.0 Å². The molecule has 1 aromatic heterocycles. The first-order valence-electron chi connectivity index (χ1n) is 9.61. The van der Waals surface area contributed by atoms with Gasteiger partial charge in [-0.05, 0) is 36.2 Å². The zero-order valence-corrected chi connectivity index (χ0v) is 16.5. The van der Waals surface area contributed by atoms with Gasteiger partial charge < -0.3 is 20.3 Å². The molecule has 0 spiro atoms. The summed E-state index contributed by atoms with van der Waals surface area (Å²) in [6.45, 7) is 2.04. The topological polar surface area (TPSA) is 83.6 Å². The molecule has 148 valence electrons. The average Bonchev–Trinajstić information content (AvgIpc) is 3.18. The van der Waals surface area contributed by atoms with Crippen LogP contribution in [0.1, 0.15) is 27.0 Å². The van der Waals surface area contributed by atoms with Gasteiger partial charge in [-0.3, -0.25) is 4.79 Å². The largest absolute Gasteiger partial charge is 0.377 e. The molecule has 3 aromatic rings. The van der Waals surface area contributed by atoms with Gasteiger partial charge in [0.2, 0.25) is 0 Å². The smallest absolute Gasteiger partial charge is 0.322 e. The molecule has 8 heteroatoms. The molecule has 1 atom stereocenters. The van der Waals surface area contributed by atoms with E-state index >= 15 is 0 Å². The summed E-state index contributed by atoms with van der Waals surface area (Å²) in [4.78, 5) is 31.6. The predicted molar refractivity (Wildman–Crippen MR) is 111 cm³/mol. The van der Waals surface area contributed by atoms with Crippen LogP contribution in [-0.4, -0.2) is 48.1 Å². The summed E-state index contributed by atoms with van der Waals surface area (Å²) in [6.07, 6.45) is 0.804. The Labute approximate surface area is 171 Å². The Morgan fingerprint density at radius 3 is 3.07 bits per heavy atom. The molecule has 7 nitrogen and oxygen atoms in total. The van der Waals surface area contributed by atoms with E-state index in [0.717, 1.165) is 27.2 Å². The maximum atomic E-state index is 13.1. The zero-order valence-electron chi connectivity index (χ0n) is 15.7. The summed E-state index contributed by atoms with van der Waals surface area (Å²) in [7, 11) is 0. The fraction of sp³-hybridized carbons (Fsp3) is 0.286. The Morgan fingerprint density at radius 1 is 1.28 bits per heavy atom. The van der Waals surface area contributed by atoms with Crippen LogP contribution in [0.25, 0.3) is 10.2 Å². The lowest BCUT2D eigenvalue weighted by atomic mass is 10.00. The maximum Gasteiger partial charge on any atom is 0.322 e. The Bertz CT molecular complexity index is 1060. The van der Waals surface area contributed by atoms with E-state index in [1.807, 2.05) is 36.4 Å². The van der Waals surface area contributed by atoms with Crippen LogP contribution in [0.2, 0.25) is 0 Å². The van der Waals surface area contributed by atoms with Crippen LogP contribution < -0.4 is 10.6 Å². The fourth-order valence-corrected chi connectivity index (χ4v) is 4.83. The number of nitrogens with zero attached hydrogens (tertiary/aromatic N) is 2. The second kappa shape index (κ2) is 7.46. The monoisotopic (exact) mass is 408 g/mol. The number of aromatic nitrogens is 1. The lowest BCUT2D eigenvalue weighted by Gasteiger charge is -2.34. The Kier molecular flexibility index (Phi) is 4.65. The summed E-state index contributed by atoms with van der Waals surface area (Å²) in [5.41, 5.74) is 3.17. The number of amides is 3. The van der Waals surface area contributed by atoms with Gasteiger partial charge in [0, 0.05) is 24.3 Å². The van der Waals surface area contributed by atoms with E-state index in [0.29, 0.717) is 37.6 Å². The summed E-state index contributed by atoms with van der Waals surface area (Å²) in [5.74, 6) is -0.0962. The number of fused-ring (bicyclic) bond motifs is 2. The number of carbonyl (C=O) groups excluding carboxylic acids is 2. The molecule has 1 unspecified atom stereocenters. The zero-order chi connectivity index (χ0) is 19.8. The predicted octanol–water partition coefficient (Wildman–Crippen LogP) is 3.19. The maximum absolute atomic E-state index is 13.1. The molecule has 0 saturated carbocycles. The molecule has 2 N–H and O–H groups in total. The number of urea groups is 1. The first kappa shape index (κ1) is 18.1. The van der Waals surface area contributed by atoms with Gasteiger partial charge in [-0.15, -0.1) is 11.3 Å². The minimum absolute atomic E-state index is 0.0962. The normalized spacial score (nSPS) is 19.0. The molecule has 2 aliphatic heterocycles. The number of anilines is 1. The second-order valence-corrected chi connectivity index (χ2v) is 8.17. The number of nitrogens with one attached hydrogen (secondary N) is 2. The van der Waals surface area contributed by atoms with Crippen LogP contribution in [0.15, 0.2) is 42.5 Å². The van der Waals surface area contributed by atoms with E-state index in [2.05, 4.69) is 10.6 Å². The summed E-state index contributed by atoms with van der Waals surface area (Å²) < 4.78 is 6.74. The van der Waals surface area contributed by atoms with E-state index < -0.39 is 0 Å². The minimum Gasteiger partial charge on any atom is -0.377 e. The van der Waals surface area contributed by atoms with Crippen molar-refractivity contribution in [2.45, 2.75) is 12.5 Å². The quantitative estimate of drug-likeness (QED) is 0.682. The first-order valence-corrected chi connectivity index (χ1v) is 10.4. The number of thiazole rings is 1. The molecule has 5 rings (SSSR count). The number of hydrogen-bond donors (Lipinski definition) is 2. The van der Waals surface area contributed by atoms with Crippen molar-refractivity contribution in [2.24, 2.45) is 0 Å². The number of rotatable bonds is 2. The number of hydrogen-bond acceptors (Lipinski definition) is 5. The highest BCUT2D eigenvalue weighted by Crippen LogP contribution is 2.32. The van der Waals surface area contributed by atoms with Crippen molar-refractivity contribution in [2.75, 3.05) is 31.6 Å². The van der Waals surface area contributed by atoms with Gasteiger partial charge in [-0.1, -0.05) is 18.2 Å². The average molecular weight is 408 g/mol. The number of ether oxygens (including phenoxy) is 1. The third-order valence-electron chi connectivity index (χ3n) is 5.27. The van der Waals surface area contributed by atoms with Crippen molar-refractivity contribution in [3.8, 4) is 0 Å². The molecule has 29 heavy (non-hydrogen) atoms. The van der Waals surface area contributed by atoms with Crippen LogP contribution in [0.5, 0.6) is 0 Å². The van der Waals surface area contributed by atoms with E-state index in [1.165, 1.54) is 0 Å². The SMILES string of the molecule is O=C1NCCc2ccc(NC(=O)N3CCOCC3c3nc4ccccc4s3)cc21. The molecule has 0 radical (unpaired) electrons. The Hall–Kier alpha value is -2.97. The molecular weight excluding hydrogens is 388 g/mol. The summed E-state index contributed by atoms with van der Waals surface area (Å²) >= 11 is 1.58. The highest BCUT2D eigenvalue weighted by molar-refractivity contribution is 7.18. The van der Waals surface area contributed by atoms with Crippen LogP contribution in [0.4, 0.5) is 10.5 Å². The van der Waals surface area contributed by atoms with Gasteiger partial charge in [0.05, 0.1) is 23.4 Å². The summed E-state index contributed by atoms with van der Waals surface area (Å²) in [5, 5.41) is 6.65. The van der Waals surface area contributed by atoms with Gasteiger partial charge in [-0.25, -0.2) is 9.78 Å². The number of carbonyl (C=O) groups is 2. The van der Waals surface area contributed by atoms with Crippen LogP contribution in [-0.2, 0) is 11.2 Å². The van der Waals surface area contributed by atoms with Crippen molar-refractivity contribution in [1.82, 2.24) is 15.2 Å². The van der Waals surface area contributed by atoms with Gasteiger partial charge in [0.25, 0.3) is 5.91 Å². The standard InChI is InChI=1S/C21H20N4O3S/c26-19-15-11-14(6-5-13(15)7-8-22-19)23-21(27)25-9-10-28-12-17(25)20-24-16-3-1-2-4-18(16)29-20/h1-6,11,17H,7-10,12H2,(H,22,26)(H,23,27). The van der Waals surface area contributed by atoms with Crippen molar-refractivity contribution in [3.63, 3.8) is 0 Å². The number of para-hydroxylation sites is 1. The lowest BCUT2D eigenvalue weighted by molar-refractivity contribution is 0.0147. The van der Waals surface area contributed by atoms with E-state index in [4.69, 9.17) is 9.72 Å². The fourth-order valence-electron chi connectivity index (χ4n) is 3.77. The lowest BCUT2D eigenvalue weighted by Crippen LogP contribution is -2.45. The second-order valence-electron chi connectivity index (χ2n) is 7.11. The van der Waals surface area contributed by atoms with Gasteiger partial charge >= 0.3 is 6.03 Å². The highest BCUT2D eigenvalue weighted by atomic mass is 32.1. The van der Waals surface area contributed by atoms with Crippen molar-refractivity contribution in [3.05, 3.63) is 58.6 Å². The van der Waals surface area contributed by atoms with E-state index in [1.54, 1.807) is 22.3 Å². The Morgan fingerprint density at radius 2 is 2.17 bits per heavy atom. The van der Waals surface area contributed by atoms with Crippen molar-refractivity contribution < 1.29 is 14.3 Å². The molecule has 3 heterocycles. The summed E-state index contributed by atoms with van der Waals surface area (Å²) in [6, 6.07) is 13.0. The van der Waals surface area contributed by atoms with Gasteiger partial charge in [0.15, 0.2) is 0 Å². The third-order valence-corrected chi connectivity index (χ3v) is 6.41. The van der Waals surface area contributed by atoms with Gasteiger partial charge in [0.1, 0.15) is 11.0 Å². The van der Waals surface area contributed by atoms with E-state index in [9.17, 15) is 9.59 Å². The number of morpholine rings is 1. The third kappa shape index (κ3) is 3.45. The molecule has 1 saturated heterocycles. The Balaban J connectivity index is 1.39. The molecule has 2 aromatic carbocycles. The molecule has 3 amide bonds.